The van der Waals surface area contributed by atoms with Gasteiger partial charge in [0, 0.05) is 25.3 Å². The van der Waals surface area contributed by atoms with Gasteiger partial charge in [-0.1, -0.05) is 13.3 Å². The Morgan fingerprint density at radius 1 is 1.50 bits per heavy atom. The first kappa shape index (κ1) is 11.4. The molecule has 1 heterocycles. The topological polar surface area (TPSA) is 42.2 Å². The fourth-order valence-electron chi connectivity index (χ4n) is 2.06. The Hall–Kier alpha value is -1.09. The highest BCUT2D eigenvalue weighted by Gasteiger charge is 2.29. The molecule has 0 aliphatic heterocycles. The van der Waals surface area contributed by atoms with Crippen LogP contribution in [-0.4, -0.2) is 17.6 Å². The molecule has 0 spiro atoms. The van der Waals surface area contributed by atoms with Crippen molar-refractivity contribution < 1.29 is 0 Å². The molecule has 1 aromatic heterocycles. The van der Waals surface area contributed by atoms with E-state index in [1.165, 1.54) is 31.4 Å². The van der Waals surface area contributed by atoms with Crippen molar-refractivity contribution in [1.82, 2.24) is 4.98 Å². The highest BCUT2D eigenvalue weighted by molar-refractivity contribution is 5.52. The summed E-state index contributed by atoms with van der Waals surface area (Å²) in [5.74, 6) is 0. The number of unbranched alkanes of at least 4 members (excludes halogenated alkanes) is 1. The Labute approximate surface area is 97.7 Å². The summed E-state index contributed by atoms with van der Waals surface area (Å²) in [5.41, 5.74) is 8.03. The van der Waals surface area contributed by atoms with Gasteiger partial charge in [0.1, 0.15) is 0 Å². The fraction of sp³-hybridized carbons (Fsp3) is 0.615. The molecule has 2 rings (SSSR count). The molecular formula is C13H21N3. The molecule has 1 aliphatic rings. The predicted molar refractivity (Wildman–Crippen MR) is 67.4 cm³/mol. The second-order valence-corrected chi connectivity index (χ2v) is 4.45. The second kappa shape index (κ2) is 5.30. The average Bonchev–Trinajstić information content (AvgIpc) is 3.14. The van der Waals surface area contributed by atoms with Crippen molar-refractivity contribution in [2.45, 2.75) is 45.2 Å². The van der Waals surface area contributed by atoms with E-state index in [0.29, 0.717) is 6.54 Å². The molecule has 3 nitrogen and oxygen atoms in total. The zero-order chi connectivity index (χ0) is 11.4. The number of anilines is 1. The molecule has 0 saturated heterocycles. The second-order valence-electron chi connectivity index (χ2n) is 4.45. The van der Waals surface area contributed by atoms with Crippen LogP contribution in [0.25, 0.3) is 0 Å². The van der Waals surface area contributed by atoms with Crippen LogP contribution in [0.5, 0.6) is 0 Å². The number of hydrogen-bond acceptors (Lipinski definition) is 3. The highest BCUT2D eigenvalue weighted by Crippen LogP contribution is 2.33. The zero-order valence-corrected chi connectivity index (χ0v) is 10.0. The average molecular weight is 219 g/mol. The van der Waals surface area contributed by atoms with Crippen molar-refractivity contribution in [2.75, 3.05) is 11.4 Å². The molecule has 1 saturated carbocycles. The number of nitrogens with two attached hydrogens (primary N) is 1. The van der Waals surface area contributed by atoms with E-state index in [1.807, 2.05) is 12.3 Å². The molecule has 0 radical (unpaired) electrons. The third-order valence-corrected chi connectivity index (χ3v) is 3.11. The van der Waals surface area contributed by atoms with Crippen molar-refractivity contribution in [3.8, 4) is 0 Å². The Bertz CT molecular complexity index is 334. The van der Waals surface area contributed by atoms with Gasteiger partial charge in [-0.15, -0.1) is 0 Å². The first-order valence-corrected chi connectivity index (χ1v) is 6.27. The van der Waals surface area contributed by atoms with Gasteiger partial charge in [-0.3, -0.25) is 4.98 Å². The van der Waals surface area contributed by atoms with Gasteiger partial charge in [-0.2, -0.15) is 0 Å². The predicted octanol–water partition coefficient (Wildman–Crippen LogP) is 2.31. The standard InChI is InChI=1S/C13H21N3/c1-2-3-9-16(11-6-7-11)13-5-4-8-15-12(13)10-14/h4-5,8,11H,2-3,6-7,9-10,14H2,1H3. The van der Waals surface area contributed by atoms with Gasteiger partial charge in [0.2, 0.25) is 0 Å². The van der Waals surface area contributed by atoms with E-state index in [1.54, 1.807) is 0 Å². The van der Waals surface area contributed by atoms with Crippen LogP contribution < -0.4 is 10.6 Å². The summed E-state index contributed by atoms with van der Waals surface area (Å²) in [7, 11) is 0. The SMILES string of the molecule is CCCCN(c1cccnc1CN)C1CC1. The van der Waals surface area contributed by atoms with Crippen LogP contribution in [-0.2, 0) is 6.54 Å². The van der Waals surface area contributed by atoms with Crippen molar-refractivity contribution in [2.24, 2.45) is 5.73 Å². The molecule has 0 atom stereocenters. The van der Waals surface area contributed by atoms with Crippen molar-refractivity contribution in [3.63, 3.8) is 0 Å². The molecule has 1 fully saturated rings. The van der Waals surface area contributed by atoms with Crippen LogP contribution in [0.4, 0.5) is 5.69 Å². The quantitative estimate of drug-likeness (QED) is 0.798. The zero-order valence-electron chi connectivity index (χ0n) is 10.0. The van der Waals surface area contributed by atoms with E-state index in [4.69, 9.17) is 5.73 Å². The van der Waals surface area contributed by atoms with Crippen LogP contribution >= 0.6 is 0 Å². The molecule has 2 N–H and O–H groups in total. The monoisotopic (exact) mass is 219 g/mol. The van der Waals surface area contributed by atoms with E-state index in [-0.39, 0.29) is 0 Å². The lowest BCUT2D eigenvalue weighted by Gasteiger charge is -2.26. The van der Waals surface area contributed by atoms with Crippen molar-refractivity contribution in [1.29, 1.82) is 0 Å². The third kappa shape index (κ3) is 2.53. The van der Waals surface area contributed by atoms with E-state index in [9.17, 15) is 0 Å². The minimum Gasteiger partial charge on any atom is -0.367 e. The first-order valence-electron chi connectivity index (χ1n) is 6.27. The fourth-order valence-corrected chi connectivity index (χ4v) is 2.06. The van der Waals surface area contributed by atoms with Crippen molar-refractivity contribution >= 4 is 5.69 Å². The highest BCUT2D eigenvalue weighted by atomic mass is 15.2. The van der Waals surface area contributed by atoms with Gasteiger partial charge in [0.25, 0.3) is 0 Å². The number of pyridine rings is 1. The van der Waals surface area contributed by atoms with Gasteiger partial charge in [0.15, 0.2) is 0 Å². The van der Waals surface area contributed by atoms with Crippen LogP contribution in [0.1, 0.15) is 38.3 Å². The first-order chi connectivity index (χ1) is 7.86. The summed E-state index contributed by atoms with van der Waals surface area (Å²) < 4.78 is 0. The molecule has 16 heavy (non-hydrogen) atoms. The molecule has 88 valence electrons. The number of aromatic nitrogens is 1. The van der Waals surface area contributed by atoms with Crippen molar-refractivity contribution in [3.05, 3.63) is 24.0 Å². The smallest absolute Gasteiger partial charge is 0.0772 e. The number of rotatable bonds is 6. The number of nitrogens with zero attached hydrogens (tertiary/aromatic N) is 2. The van der Waals surface area contributed by atoms with Gasteiger partial charge in [0.05, 0.1) is 11.4 Å². The van der Waals surface area contributed by atoms with E-state index < -0.39 is 0 Å². The third-order valence-electron chi connectivity index (χ3n) is 3.11. The van der Waals surface area contributed by atoms with Gasteiger partial charge >= 0.3 is 0 Å². The molecule has 0 unspecified atom stereocenters. The minimum atomic E-state index is 0.533. The van der Waals surface area contributed by atoms with Crippen LogP contribution in [0.3, 0.4) is 0 Å². The maximum atomic E-state index is 5.75. The van der Waals surface area contributed by atoms with Gasteiger partial charge < -0.3 is 10.6 Å². The summed E-state index contributed by atoms with van der Waals surface area (Å²) in [6.45, 7) is 3.91. The molecular weight excluding hydrogens is 198 g/mol. The summed E-state index contributed by atoms with van der Waals surface area (Å²) in [4.78, 5) is 6.87. The number of hydrogen-bond donors (Lipinski definition) is 1. The maximum Gasteiger partial charge on any atom is 0.0772 e. The van der Waals surface area contributed by atoms with Crippen LogP contribution in [0.15, 0.2) is 18.3 Å². The summed E-state index contributed by atoms with van der Waals surface area (Å²) >= 11 is 0. The van der Waals surface area contributed by atoms with Crippen LogP contribution in [0.2, 0.25) is 0 Å². The lowest BCUT2D eigenvalue weighted by Crippen LogP contribution is -2.28. The summed E-state index contributed by atoms with van der Waals surface area (Å²) in [6.07, 6.45) is 6.96. The van der Waals surface area contributed by atoms with Gasteiger partial charge in [-0.05, 0) is 31.4 Å². The lowest BCUT2D eigenvalue weighted by molar-refractivity contribution is 0.706. The lowest BCUT2D eigenvalue weighted by atomic mass is 10.2. The molecule has 0 amide bonds. The molecule has 1 aliphatic carbocycles. The van der Waals surface area contributed by atoms with E-state index >= 15 is 0 Å². The van der Waals surface area contributed by atoms with E-state index in [2.05, 4.69) is 22.9 Å². The summed E-state index contributed by atoms with van der Waals surface area (Å²) in [6, 6.07) is 4.90. The summed E-state index contributed by atoms with van der Waals surface area (Å²) in [5, 5.41) is 0. The molecule has 1 aromatic rings. The Kier molecular flexibility index (Phi) is 3.78. The Balaban J connectivity index is 2.16. The van der Waals surface area contributed by atoms with Crippen LogP contribution in [0, 0.1) is 0 Å². The molecule has 0 bridgehead atoms. The molecule has 0 aromatic carbocycles. The largest absolute Gasteiger partial charge is 0.367 e. The normalized spacial score (nSPS) is 15.1. The Morgan fingerprint density at radius 2 is 2.31 bits per heavy atom. The van der Waals surface area contributed by atoms with Gasteiger partial charge in [-0.25, -0.2) is 0 Å². The molecule has 3 heteroatoms. The Morgan fingerprint density at radius 3 is 2.94 bits per heavy atom. The maximum absolute atomic E-state index is 5.75. The van der Waals surface area contributed by atoms with E-state index in [0.717, 1.165) is 18.3 Å². The minimum absolute atomic E-state index is 0.533.